The fourth-order valence-corrected chi connectivity index (χ4v) is 6.57. The van der Waals surface area contributed by atoms with Gasteiger partial charge in [0.15, 0.2) is 0 Å². The Kier molecular flexibility index (Phi) is 4.86. The lowest BCUT2D eigenvalue weighted by Crippen LogP contribution is -2.73. The first-order chi connectivity index (χ1) is 15.0. The molecule has 2 aliphatic heterocycles. The highest BCUT2D eigenvalue weighted by Crippen LogP contribution is 2.46. The van der Waals surface area contributed by atoms with Gasteiger partial charge in [-0.2, -0.15) is 9.57 Å². The van der Waals surface area contributed by atoms with Crippen molar-refractivity contribution in [3.63, 3.8) is 0 Å². The third kappa shape index (κ3) is 3.33. The molecule has 3 atom stereocenters. The maximum absolute atomic E-state index is 13.2. The van der Waals surface area contributed by atoms with Gasteiger partial charge >= 0.3 is 0 Å². The van der Waals surface area contributed by atoms with Crippen LogP contribution in [0.3, 0.4) is 0 Å². The number of hydrogen-bond donors (Lipinski definition) is 1. The molecule has 2 heterocycles. The summed E-state index contributed by atoms with van der Waals surface area (Å²) in [6.07, 6.45) is 0. The lowest BCUT2D eigenvalue weighted by Gasteiger charge is -2.57. The second-order valence-corrected chi connectivity index (χ2v) is 9.77. The number of benzene rings is 3. The van der Waals surface area contributed by atoms with Crippen LogP contribution in [0.2, 0.25) is 0 Å². The van der Waals surface area contributed by atoms with E-state index in [1.54, 1.807) is 10.4 Å². The third-order valence-electron chi connectivity index (χ3n) is 6.20. The molecule has 2 bridgehead atoms. The Morgan fingerprint density at radius 2 is 1.61 bits per heavy atom. The monoisotopic (exact) mass is 433 g/mol. The summed E-state index contributed by atoms with van der Waals surface area (Å²) in [4.78, 5) is 0.122. The summed E-state index contributed by atoms with van der Waals surface area (Å²) in [7, 11) is -3.68. The average Bonchev–Trinajstić information content (AvgIpc) is 2.80. The second kappa shape index (κ2) is 7.57. The SMILES string of the molecule is N#Cc1cccc(-c2ccc(C3[C@H]4CNC[C@@H]3N4S(=O)(=O)c3ccc(F)cc3)cc2)c1. The van der Waals surface area contributed by atoms with Crippen LogP contribution in [-0.2, 0) is 10.0 Å². The van der Waals surface area contributed by atoms with Crippen molar-refractivity contribution < 1.29 is 12.8 Å². The predicted molar refractivity (Wildman–Crippen MR) is 115 cm³/mol. The van der Waals surface area contributed by atoms with Gasteiger partial charge in [-0.15, -0.1) is 0 Å². The summed E-state index contributed by atoms with van der Waals surface area (Å²) in [6.45, 7) is 1.15. The molecular formula is C24H20FN3O2S. The van der Waals surface area contributed by atoms with E-state index in [1.165, 1.54) is 24.3 Å². The first-order valence-corrected chi connectivity index (χ1v) is 11.5. The van der Waals surface area contributed by atoms with Crippen LogP contribution in [0, 0.1) is 17.1 Å². The fourth-order valence-electron chi connectivity index (χ4n) is 4.73. The van der Waals surface area contributed by atoms with Crippen molar-refractivity contribution in [2.45, 2.75) is 22.9 Å². The van der Waals surface area contributed by atoms with E-state index in [9.17, 15) is 12.8 Å². The molecule has 3 aromatic carbocycles. The molecule has 2 aliphatic rings. The Morgan fingerprint density at radius 3 is 2.26 bits per heavy atom. The zero-order valence-electron chi connectivity index (χ0n) is 16.6. The summed E-state index contributed by atoms with van der Waals surface area (Å²) in [5.74, 6) is -0.348. The van der Waals surface area contributed by atoms with Gasteiger partial charge in [-0.3, -0.25) is 0 Å². The number of nitriles is 1. The van der Waals surface area contributed by atoms with Crippen molar-refractivity contribution in [1.29, 1.82) is 5.26 Å². The Bertz CT molecular complexity index is 1260. The van der Waals surface area contributed by atoms with Crippen LogP contribution in [0.4, 0.5) is 4.39 Å². The van der Waals surface area contributed by atoms with Crippen molar-refractivity contribution in [3.05, 3.63) is 89.7 Å². The number of halogens is 1. The van der Waals surface area contributed by atoms with E-state index < -0.39 is 15.8 Å². The molecule has 5 nitrogen and oxygen atoms in total. The number of sulfonamides is 1. The molecule has 2 saturated heterocycles. The van der Waals surface area contributed by atoms with Gasteiger partial charge in [0.2, 0.25) is 10.0 Å². The number of nitrogens with one attached hydrogen (secondary N) is 1. The Hall–Kier alpha value is -3.05. The summed E-state index contributed by atoms with van der Waals surface area (Å²) in [5, 5.41) is 12.4. The molecule has 0 spiro atoms. The molecule has 7 heteroatoms. The van der Waals surface area contributed by atoms with E-state index in [-0.39, 0.29) is 22.9 Å². The van der Waals surface area contributed by atoms with Crippen molar-refractivity contribution >= 4 is 10.0 Å². The van der Waals surface area contributed by atoms with Crippen molar-refractivity contribution in [3.8, 4) is 17.2 Å². The predicted octanol–water partition coefficient (Wildman–Crippen LogP) is 3.49. The summed E-state index contributed by atoms with van der Waals surface area (Å²) < 4.78 is 41.2. The Balaban J connectivity index is 1.41. The first kappa shape index (κ1) is 19.9. The summed E-state index contributed by atoms with van der Waals surface area (Å²) >= 11 is 0. The zero-order chi connectivity index (χ0) is 21.6. The minimum Gasteiger partial charge on any atom is -0.313 e. The third-order valence-corrected chi connectivity index (χ3v) is 8.16. The molecule has 0 aliphatic carbocycles. The van der Waals surface area contributed by atoms with Crippen LogP contribution in [-0.4, -0.2) is 37.9 Å². The normalized spacial score (nSPS) is 23.0. The number of piperidine rings is 1. The molecule has 156 valence electrons. The Labute approximate surface area is 180 Å². The van der Waals surface area contributed by atoms with Gasteiger partial charge < -0.3 is 5.32 Å². The highest BCUT2D eigenvalue weighted by Gasteiger charge is 2.56. The fraction of sp³-hybridized carbons (Fsp3) is 0.208. The topological polar surface area (TPSA) is 73.2 Å². The van der Waals surface area contributed by atoms with Gasteiger partial charge in [0.1, 0.15) is 5.82 Å². The van der Waals surface area contributed by atoms with Crippen LogP contribution in [0.25, 0.3) is 11.1 Å². The molecular weight excluding hydrogens is 413 g/mol. The molecule has 31 heavy (non-hydrogen) atoms. The molecule has 0 saturated carbocycles. The molecule has 3 aromatic rings. The van der Waals surface area contributed by atoms with E-state index in [0.29, 0.717) is 18.7 Å². The van der Waals surface area contributed by atoms with Gasteiger partial charge in [-0.25, -0.2) is 12.8 Å². The van der Waals surface area contributed by atoms with Crippen LogP contribution < -0.4 is 5.32 Å². The molecule has 5 rings (SSSR count). The average molecular weight is 434 g/mol. The minimum atomic E-state index is -3.68. The van der Waals surface area contributed by atoms with Gasteiger partial charge in [0, 0.05) is 31.1 Å². The van der Waals surface area contributed by atoms with Gasteiger partial charge in [-0.1, -0.05) is 36.4 Å². The second-order valence-electron chi connectivity index (χ2n) is 7.92. The smallest absolute Gasteiger partial charge is 0.243 e. The molecule has 1 N–H and O–H groups in total. The highest BCUT2D eigenvalue weighted by atomic mass is 32.2. The number of fused-ring (bicyclic) bond motifs is 2. The van der Waals surface area contributed by atoms with Crippen LogP contribution in [0.5, 0.6) is 0 Å². The molecule has 1 unspecified atom stereocenters. The van der Waals surface area contributed by atoms with Crippen LogP contribution >= 0.6 is 0 Å². The van der Waals surface area contributed by atoms with E-state index in [1.807, 2.05) is 42.5 Å². The highest BCUT2D eigenvalue weighted by molar-refractivity contribution is 7.89. The van der Waals surface area contributed by atoms with Crippen molar-refractivity contribution in [1.82, 2.24) is 9.62 Å². The molecule has 0 amide bonds. The van der Waals surface area contributed by atoms with E-state index in [2.05, 4.69) is 11.4 Å². The standard InChI is InChI=1S/C24H20FN3O2S/c25-20-8-10-21(11-9-20)31(29,30)28-22-14-27-15-23(28)24(22)18-6-4-17(5-7-18)19-3-1-2-16(12-19)13-26/h1-12,22-24,27H,14-15H2/t22-,23+,24?. The summed E-state index contributed by atoms with van der Waals surface area (Å²) in [6, 6.07) is 22.4. The Morgan fingerprint density at radius 1 is 0.935 bits per heavy atom. The quantitative estimate of drug-likeness (QED) is 0.684. The maximum Gasteiger partial charge on any atom is 0.243 e. The lowest BCUT2D eigenvalue weighted by atomic mass is 9.74. The number of rotatable bonds is 4. The van der Waals surface area contributed by atoms with Gasteiger partial charge in [0.25, 0.3) is 0 Å². The number of hydrogen-bond acceptors (Lipinski definition) is 4. The molecule has 2 fully saturated rings. The van der Waals surface area contributed by atoms with Gasteiger partial charge in [0.05, 0.1) is 16.5 Å². The van der Waals surface area contributed by atoms with Crippen LogP contribution in [0.1, 0.15) is 17.0 Å². The van der Waals surface area contributed by atoms with E-state index >= 15 is 0 Å². The largest absolute Gasteiger partial charge is 0.313 e. The van der Waals surface area contributed by atoms with E-state index in [4.69, 9.17) is 5.26 Å². The zero-order valence-corrected chi connectivity index (χ0v) is 17.4. The number of piperazine rings is 1. The van der Waals surface area contributed by atoms with Crippen LogP contribution in [0.15, 0.2) is 77.7 Å². The molecule has 0 radical (unpaired) electrons. The maximum atomic E-state index is 13.2. The first-order valence-electron chi connectivity index (χ1n) is 10.1. The lowest BCUT2D eigenvalue weighted by molar-refractivity contribution is 0.0370. The van der Waals surface area contributed by atoms with Crippen molar-refractivity contribution in [2.75, 3.05) is 13.1 Å². The molecule has 0 aromatic heterocycles. The minimum absolute atomic E-state index is 0.107. The number of nitrogens with zero attached hydrogens (tertiary/aromatic N) is 2. The van der Waals surface area contributed by atoms with Gasteiger partial charge in [-0.05, 0) is 53.1 Å². The van der Waals surface area contributed by atoms with E-state index in [0.717, 1.165) is 16.7 Å². The van der Waals surface area contributed by atoms with Crippen molar-refractivity contribution in [2.24, 2.45) is 0 Å². The summed E-state index contributed by atoms with van der Waals surface area (Å²) in [5.41, 5.74) is 3.70.